The maximum atomic E-state index is 13.0. The highest BCUT2D eigenvalue weighted by atomic mass is 32.2. The molecular formula is C24H20N4O4S2. The number of methoxy groups -OCH3 is 1. The number of nitrogens with zero attached hydrogens (tertiary/aromatic N) is 3. The molecule has 172 valence electrons. The Morgan fingerprint density at radius 1 is 1.24 bits per heavy atom. The second-order valence-corrected chi connectivity index (χ2v) is 9.44. The maximum Gasteiger partial charge on any atom is 0.262 e. The second-order valence-electron chi connectivity index (χ2n) is 7.55. The van der Waals surface area contributed by atoms with E-state index in [4.69, 9.17) is 9.47 Å². The van der Waals surface area contributed by atoms with Gasteiger partial charge in [0.1, 0.15) is 11.5 Å². The molecule has 10 heteroatoms. The number of anilines is 1. The fourth-order valence-corrected chi connectivity index (χ4v) is 5.13. The molecule has 0 unspecified atom stereocenters. The van der Waals surface area contributed by atoms with E-state index in [0.717, 1.165) is 16.1 Å². The SMILES string of the molecule is COc1ccc(C)cc1-n1c(SCC(=O)c2ccc3c(c2)NC(=O)CO3)nnc1-c1cccs1. The first-order chi connectivity index (χ1) is 16.5. The molecule has 3 heterocycles. The Morgan fingerprint density at radius 2 is 2.12 bits per heavy atom. The summed E-state index contributed by atoms with van der Waals surface area (Å²) in [6, 6.07) is 14.9. The van der Waals surface area contributed by atoms with Gasteiger partial charge < -0.3 is 14.8 Å². The van der Waals surface area contributed by atoms with Crippen LogP contribution in [0.25, 0.3) is 16.4 Å². The number of carbonyl (C=O) groups excluding carboxylic acids is 2. The molecule has 0 saturated carbocycles. The predicted molar refractivity (Wildman–Crippen MR) is 132 cm³/mol. The summed E-state index contributed by atoms with van der Waals surface area (Å²) in [5, 5.41) is 14.1. The van der Waals surface area contributed by atoms with E-state index in [2.05, 4.69) is 15.5 Å². The van der Waals surface area contributed by atoms with Gasteiger partial charge in [0.2, 0.25) is 0 Å². The molecule has 0 atom stereocenters. The smallest absolute Gasteiger partial charge is 0.262 e. The zero-order chi connectivity index (χ0) is 23.7. The molecule has 0 radical (unpaired) electrons. The molecule has 2 aromatic carbocycles. The molecule has 0 spiro atoms. The van der Waals surface area contributed by atoms with Crippen molar-refractivity contribution in [3.8, 4) is 27.9 Å². The standard InChI is InChI=1S/C24H20N4O4S2/c1-14-5-7-20(31-2)17(10-14)28-23(21-4-3-9-33-21)26-27-24(28)34-13-18(29)15-6-8-19-16(11-15)25-22(30)12-32-19/h3-11H,12-13H2,1-2H3,(H,25,30). The maximum absolute atomic E-state index is 13.0. The van der Waals surface area contributed by atoms with Gasteiger partial charge >= 0.3 is 0 Å². The van der Waals surface area contributed by atoms with Crippen molar-refractivity contribution in [2.75, 3.05) is 24.8 Å². The van der Waals surface area contributed by atoms with Crippen LogP contribution in [0.15, 0.2) is 59.1 Å². The van der Waals surface area contributed by atoms with Gasteiger partial charge in [-0.05, 0) is 54.3 Å². The van der Waals surface area contributed by atoms with E-state index in [9.17, 15) is 9.59 Å². The molecule has 2 aromatic heterocycles. The lowest BCUT2D eigenvalue weighted by molar-refractivity contribution is -0.118. The van der Waals surface area contributed by atoms with Gasteiger partial charge in [-0.1, -0.05) is 23.9 Å². The third-order valence-corrected chi connectivity index (χ3v) is 7.01. The Balaban J connectivity index is 1.46. The van der Waals surface area contributed by atoms with Crippen LogP contribution in [0.5, 0.6) is 11.5 Å². The number of amides is 1. The molecule has 0 bridgehead atoms. The molecule has 0 aliphatic carbocycles. The first kappa shape index (κ1) is 22.2. The van der Waals surface area contributed by atoms with Crippen molar-refractivity contribution in [1.29, 1.82) is 0 Å². The minimum absolute atomic E-state index is 0.0270. The summed E-state index contributed by atoms with van der Waals surface area (Å²) in [4.78, 5) is 25.6. The Morgan fingerprint density at radius 3 is 2.91 bits per heavy atom. The van der Waals surface area contributed by atoms with Crippen molar-refractivity contribution in [2.24, 2.45) is 0 Å². The van der Waals surface area contributed by atoms with Gasteiger partial charge in [0.25, 0.3) is 5.91 Å². The summed E-state index contributed by atoms with van der Waals surface area (Å²) >= 11 is 2.86. The zero-order valence-corrected chi connectivity index (χ0v) is 20.0. The molecule has 34 heavy (non-hydrogen) atoms. The van der Waals surface area contributed by atoms with Gasteiger partial charge in [-0.15, -0.1) is 21.5 Å². The monoisotopic (exact) mass is 492 g/mol. The van der Waals surface area contributed by atoms with Crippen molar-refractivity contribution in [3.05, 3.63) is 65.0 Å². The molecule has 1 amide bonds. The highest BCUT2D eigenvalue weighted by Gasteiger charge is 2.22. The number of thiophene rings is 1. The predicted octanol–water partition coefficient (Wildman–Crippen LogP) is 4.62. The number of thioether (sulfide) groups is 1. The summed E-state index contributed by atoms with van der Waals surface area (Å²) in [6.45, 7) is 1.98. The summed E-state index contributed by atoms with van der Waals surface area (Å²) in [7, 11) is 1.62. The number of ether oxygens (including phenoxy) is 2. The largest absolute Gasteiger partial charge is 0.495 e. The molecule has 8 nitrogen and oxygen atoms in total. The number of benzene rings is 2. The van der Waals surface area contributed by atoms with Crippen LogP contribution >= 0.6 is 23.1 Å². The molecule has 0 fully saturated rings. The topological polar surface area (TPSA) is 95.3 Å². The quantitative estimate of drug-likeness (QED) is 0.297. The molecule has 5 rings (SSSR count). The Hall–Kier alpha value is -3.63. The fourth-order valence-electron chi connectivity index (χ4n) is 3.59. The van der Waals surface area contributed by atoms with E-state index < -0.39 is 0 Å². The van der Waals surface area contributed by atoms with Gasteiger partial charge in [-0.2, -0.15) is 0 Å². The van der Waals surface area contributed by atoms with E-state index in [1.807, 2.05) is 47.2 Å². The lowest BCUT2D eigenvalue weighted by Crippen LogP contribution is -2.25. The van der Waals surface area contributed by atoms with Crippen molar-refractivity contribution in [1.82, 2.24) is 14.8 Å². The van der Waals surface area contributed by atoms with E-state index in [-0.39, 0.29) is 24.1 Å². The number of aryl methyl sites for hydroxylation is 1. The highest BCUT2D eigenvalue weighted by Crippen LogP contribution is 2.35. The number of aromatic nitrogens is 3. The van der Waals surface area contributed by atoms with Gasteiger partial charge in [-0.25, -0.2) is 0 Å². The molecule has 1 N–H and O–H groups in total. The zero-order valence-electron chi connectivity index (χ0n) is 18.4. The summed E-state index contributed by atoms with van der Waals surface area (Å²) in [5.41, 5.74) is 2.85. The number of nitrogens with one attached hydrogen (secondary N) is 1. The first-order valence-electron chi connectivity index (χ1n) is 10.4. The van der Waals surface area contributed by atoms with Crippen LogP contribution in [0.1, 0.15) is 15.9 Å². The van der Waals surface area contributed by atoms with Crippen molar-refractivity contribution in [3.63, 3.8) is 0 Å². The number of fused-ring (bicyclic) bond motifs is 1. The number of hydrogen-bond donors (Lipinski definition) is 1. The van der Waals surface area contributed by atoms with Crippen molar-refractivity contribution in [2.45, 2.75) is 12.1 Å². The number of hydrogen-bond acceptors (Lipinski definition) is 8. The van der Waals surface area contributed by atoms with Crippen LogP contribution in [0.4, 0.5) is 5.69 Å². The van der Waals surface area contributed by atoms with E-state index >= 15 is 0 Å². The van der Waals surface area contributed by atoms with Gasteiger partial charge in [0, 0.05) is 5.56 Å². The number of ketones is 1. The highest BCUT2D eigenvalue weighted by molar-refractivity contribution is 7.99. The first-order valence-corrected chi connectivity index (χ1v) is 12.3. The number of carbonyl (C=O) groups is 2. The van der Waals surface area contributed by atoms with Crippen LogP contribution in [-0.4, -0.2) is 45.9 Å². The fraction of sp³-hybridized carbons (Fsp3) is 0.167. The number of Topliss-reactive ketones (excluding diaryl/α,β-unsaturated/α-hetero) is 1. The number of rotatable bonds is 7. The van der Waals surface area contributed by atoms with Crippen LogP contribution in [0.3, 0.4) is 0 Å². The van der Waals surface area contributed by atoms with Gasteiger partial charge in [0.15, 0.2) is 23.4 Å². The molecule has 4 aromatic rings. The Kier molecular flexibility index (Phi) is 6.08. The normalized spacial score (nSPS) is 12.6. The summed E-state index contributed by atoms with van der Waals surface area (Å²) in [6.07, 6.45) is 0. The van der Waals surface area contributed by atoms with Crippen molar-refractivity contribution < 1.29 is 19.1 Å². The minimum atomic E-state index is -0.243. The third-order valence-electron chi connectivity index (χ3n) is 5.22. The lowest BCUT2D eigenvalue weighted by Gasteiger charge is -2.18. The molecular weight excluding hydrogens is 472 g/mol. The van der Waals surface area contributed by atoms with Crippen LogP contribution < -0.4 is 14.8 Å². The lowest BCUT2D eigenvalue weighted by atomic mass is 10.1. The average molecular weight is 493 g/mol. The average Bonchev–Trinajstić information content (AvgIpc) is 3.52. The molecule has 1 aliphatic rings. The summed E-state index contributed by atoms with van der Waals surface area (Å²) in [5.74, 6) is 1.72. The van der Waals surface area contributed by atoms with Gasteiger partial charge in [0.05, 0.1) is 29.1 Å². The summed E-state index contributed by atoms with van der Waals surface area (Å²) < 4.78 is 12.9. The third kappa shape index (κ3) is 4.29. The molecule has 0 saturated heterocycles. The van der Waals surface area contributed by atoms with E-state index in [1.54, 1.807) is 36.6 Å². The molecule has 1 aliphatic heterocycles. The van der Waals surface area contributed by atoms with Crippen molar-refractivity contribution >= 4 is 40.5 Å². The second kappa shape index (κ2) is 9.32. The van der Waals surface area contributed by atoms with Crippen LogP contribution in [-0.2, 0) is 4.79 Å². The van der Waals surface area contributed by atoms with Crippen LogP contribution in [0.2, 0.25) is 0 Å². The van der Waals surface area contributed by atoms with E-state index in [0.29, 0.717) is 33.7 Å². The van der Waals surface area contributed by atoms with E-state index in [1.165, 1.54) is 11.8 Å². The van der Waals surface area contributed by atoms with Crippen LogP contribution in [0, 0.1) is 6.92 Å². The van der Waals surface area contributed by atoms with Gasteiger partial charge in [-0.3, -0.25) is 14.2 Å². The minimum Gasteiger partial charge on any atom is -0.495 e. The Bertz CT molecular complexity index is 1380. The Labute approximate surface area is 203 Å².